The number of alkyl halides is 2. The number of nitrogens with one attached hydrogen (secondary N) is 1. The van der Waals surface area contributed by atoms with Crippen LogP contribution in [0.15, 0.2) is 24.3 Å². The fourth-order valence-electron chi connectivity index (χ4n) is 3.15. The molecule has 1 fully saturated rings. The Morgan fingerprint density at radius 3 is 2.57 bits per heavy atom. The number of nitrogens with zero attached hydrogens (tertiary/aromatic N) is 2. The summed E-state index contributed by atoms with van der Waals surface area (Å²) in [5, 5.41) is 2.86. The average Bonchev–Trinajstić information content (AvgIpc) is 3.50. The van der Waals surface area contributed by atoms with Gasteiger partial charge in [0.1, 0.15) is 29.7 Å². The van der Waals surface area contributed by atoms with Crippen LogP contribution in [-0.2, 0) is 11.2 Å². The van der Waals surface area contributed by atoms with Gasteiger partial charge in [-0.2, -0.15) is 0 Å². The SMILES string of the molecule is Cc1cc(OCC(F)F)cc(C(C)NC(=O)c2cc(C)nc(CC(=O)C3CC3)n2)c1. The molecule has 0 saturated heterocycles. The molecule has 0 aliphatic heterocycles. The van der Waals surface area contributed by atoms with Gasteiger partial charge in [0.05, 0.1) is 12.5 Å². The van der Waals surface area contributed by atoms with Crippen molar-refractivity contribution < 1.29 is 23.1 Å². The number of amides is 1. The molecule has 30 heavy (non-hydrogen) atoms. The van der Waals surface area contributed by atoms with Crippen molar-refractivity contribution in [3.8, 4) is 5.75 Å². The van der Waals surface area contributed by atoms with Gasteiger partial charge in [-0.15, -0.1) is 0 Å². The molecule has 6 nitrogen and oxygen atoms in total. The Bertz CT molecular complexity index is 945. The molecule has 1 aliphatic rings. The Morgan fingerprint density at radius 1 is 1.17 bits per heavy atom. The van der Waals surface area contributed by atoms with Crippen LogP contribution in [0.3, 0.4) is 0 Å². The topological polar surface area (TPSA) is 81.2 Å². The minimum absolute atomic E-state index is 0.106. The number of hydrogen-bond acceptors (Lipinski definition) is 5. The van der Waals surface area contributed by atoms with E-state index >= 15 is 0 Å². The largest absolute Gasteiger partial charge is 0.488 e. The standard InChI is InChI=1S/C22H25F2N3O3/c1-12-6-16(9-17(7-12)30-11-20(23)24)14(3)26-22(29)18-8-13(2)25-21(27-18)10-19(28)15-4-5-15/h6-9,14-15,20H,4-5,10-11H2,1-3H3,(H,26,29). The van der Waals surface area contributed by atoms with Crippen molar-refractivity contribution in [1.82, 2.24) is 15.3 Å². The molecule has 1 unspecified atom stereocenters. The van der Waals surface area contributed by atoms with E-state index in [9.17, 15) is 18.4 Å². The fraction of sp³-hybridized carbons (Fsp3) is 0.455. The van der Waals surface area contributed by atoms with Crippen LogP contribution in [0.4, 0.5) is 8.78 Å². The Kier molecular flexibility index (Phi) is 6.74. The van der Waals surface area contributed by atoms with E-state index < -0.39 is 25.0 Å². The number of Topliss-reactive ketones (excluding diaryl/α,β-unsaturated/α-hetero) is 1. The van der Waals surface area contributed by atoms with Crippen molar-refractivity contribution in [3.05, 3.63) is 52.6 Å². The second kappa shape index (κ2) is 9.28. The van der Waals surface area contributed by atoms with Crippen molar-refractivity contribution in [3.63, 3.8) is 0 Å². The Hall–Kier alpha value is -2.90. The summed E-state index contributed by atoms with van der Waals surface area (Å²) in [4.78, 5) is 33.3. The van der Waals surface area contributed by atoms with Gasteiger partial charge in [0.15, 0.2) is 0 Å². The Morgan fingerprint density at radius 2 is 1.90 bits per heavy atom. The molecule has 1 heterocycles. The highest BCUT2D eigenvalue weighted by Gasteiger charge is 2.30. The van der Waals surface area contributed by atoms with Gasteiger partial charge in [-0.05, 0) is 62.9 Å². The first-order chi connectivity index (χ1) is 14.2. The first-order valence-electron chi connectivity index (χ1n) is 9.92. The lowest BCUT2D eigenvalue weighted by atomic mass is 10.0. The first kappa shape index (κ1) is 21.8. The van der Waals surface area contributed by atoms with E-state index in [1.807, 2.05) is 13.0 Å². The smallest absolute Gasteiger partial charge is 0.272 e. The quantitative estimate of drug-likeness (QED) is 0.672. The number of aromatic nitrogens is 2. The highest BCUT2D eigenvalue weighted by atomic mass is 19.3. The van der Waals surface area contributed by atoms with Gasteiger partial charge in [0.25, 0.3) is 12.3 Å². The van der Waals surface area contributed by atoms with E-state index in [2.05, 4.69) is 15.3 Å². The van der Waals surface area contributed by atoms with Crippen LogP contribution in [0.25, 0.3) is 0 Å². The maximum Gasteiger partial charge on any atom is 0.272 e. The molecule has 1 atom stereocenters. The van der Waals surface area contributed by atoms with Crippen molar-refractivity contribution in [2.45, 2.75) is 52.5 Å². The van der Waals surface area contributed by atoms with Gasteiger partial charge in [0.2, 0.25) is 0 Å². The van der Waals surface area contributed by atoms with Gasteiger partial charge in [-0.1, -0.05) is 6.07 Å². The maximum atomic E-state index is 12.7. The number of aryl methyl sites for hydroxylation is 2. The molecule has 160 valence electrons. The zero-order valence-corrected chi connectivity index (χ0v) is 17.2. The maximum absolute atomic E-state index is 12.7. The number of halogens is 2. The van der Waals surface area contributed by atoms with E-state index in [0.717, 1.165) is 24.0 Å². The molecule has 1 amide bonds. The zero-order chi connectivity index (χ0) is 21.8. The third-order valence-electron chi connectivity index (χ3n) is 4.79. The lowest BCUT2D eigenvalue weighted by molar-refractivity contribution is -0.119. The van der Waals surface area contributed by atoms with Gasteiger partial charge >= 0.3 is 0 Å². The van der Waals surface area contributed by atoms with Crippen LogP contribution in [-0.4, -0.2) is 34.7 Å². The molecule has 0 bridgehead atoms. The highest BCUT2D eigenvalue weighted by molar-refractivity contribution is 5.93. The third-order valence-corrected chi connectivity index (χ3v) is 4.79. The highest BCUT2D eigenvalue weighted by Crippen LogP contribution is 2.30. The molecule has 1 saturated carbocycles. The molecule has 1 aromatic heterocycles. The summed E-state index contributed by atoms with van der Waals surface area (Å²) in [5.41, 5.74) is 2.36. The van der Waals surface area contributed by atoms with Crippen LogP contribution in [0.1, 0.15) is 58.9 Å². The zero-order valence-electron chi connectivity index (χ0n) is 17.2. The van der Waals surface area contributed by atoms with E-state index in [0.29, 0.717) is 17.3 Å². The number of carbonyl (C=O) groups is 2. The van der Waals surface area contributed by atoms with E-state index in [1.54, 1.807) is 32.0 Å². The van der Waals surface area contributed by atoms with Gasteiger partial charge < -0.3 is 10.1 Å². The summed E-state index contributed by atoms with van der Waals surface area (Å²) in [6.07, 6.45) is -0.609. The monoisotopic (exact) mass is 417 g/mol. The normalized spacial score (nSPS) is 14.5. The Labute approximate surface area is 174 Å². The fourth-order valence-corrected chi connectivity index (χ4v) is 3.15. The van der Waals surface area contributed by atoms with Gasteiger partial charge in [0, 0.05) is 11.6 Å². The van der Waals surface area contributed by atoms with Crippen LogP contribution >= 0.6 is 0 Å². The van der Waals surface area contributed by atoms with Crippen molar-refractivity contribution >= 4 is 11.7 Å². The summed E-state index contributed by atoms with van der Waals surface area (Å²) < 4.78 is 29.9. The summed E-state index contributed by atoms with van der Waals surface area (Å²) in [6, 6.07) is 6.31. The molecule has 1 aliphatic carbocycles. The molecule has 8 heteroatoms. The van der Waals surface area contributed by atoms with Gasteiger partial charge in [-0.25, -0.2) is 18.7 Å². The molecular formula is C22H25F2N3O3. The lowest BCUT2D eigenvalue weighted by Gasteiger charge is -2.17. The van der Waals surface area contributed by atoms with Crippen LogP contribution in [0.2, 0.25) is 0 Å². The first-order valence-corrected chi connectivity index (χ1v) is 9.92. The predicted octanol–water partition coefficient (Wildman–Crippen LogP) is 3.75. The molecule has 1 N–H and O–H groups in total. The molecule has 2 aromatic rings. The number of ether oxygens (including phenoxy) is 1. The van der Waals surface area contributed by atoms with Crippen molar-refractivity contribution in [1.29, 1.82) is 0 Å². The molecule has 1 aromatic carbocycles. The number of rotatable bonds is 9. The van der Waals surface area contributed by atoms with Crippen LogP contribution < -0.4 is 10.1 Å². The van der Waals surface area contributed by atoms with E-state index in [4.69, 9.17) is 4.74 Å². The second-order valence-electron chi connectivity index (χ2n) is 7.70. The minimum atomic E-state index is -2.56. The average molecular weight is 417 g/mol. The minimum Gasteiger partial charge on any atom is -0.488 e. The third kappa shape index (κ3) is 6.05. The predicted molar refractivity (Wildman–Crippen MR) is 107 cm³/mol. The molecule has 0 radical (unpaired) electrons. The number of carbonyl (C=O) groups excluding carboxylic acids is 2. The molecule has 3 rings (SSSR count). The Balaban J connectivity index is 1.70. The van der Waals surface area contributed by atoms with Gasteiger partial charge in [-0.3, -0.25) is 9.59 Å². The van der Waals surface area contributed by atoms with Crippen molar-refractivity contribution in [2.75, 3.05) is 6.61 Å². The van der Waals surface area contributed by atoms with Crippen LogP contribution in [0, 0.1) is 19.8 Å². The lowest BCUT2D eigenvalue weighted by Crippen LogP contribution is -2.28. The second-order valence-corrected chi connectivity index (χ2v) is 7.70. The van der Waals surface area contributed by atoms with E-state index in [-0.39, 0.29) is 23.8 Å². The summed E-state index contributed by atoms with van der Waals surface area (Å²) in [5.74, 6) is 0.489. The van der Waals surface area contributed by atoms with Crippen LogP contribution in [0.5, 0.6) is 5.75 Å². The number of benzene rings is 1. The summed E-state index contributed by atoms with van der Waals surface area (Å²) in [7, 11) is 0. The van der Waals surface area contributed by atoms with E-state index in [1.165, 1.54) is 0 Å². The summed E-state index contributed by atoms with van der Waals surface area (Å²) in [6.45, 7) is 4.67. The van der Waals surface area contributed by atoms with Crippen molar-refractivity contribution in [2.24, 2.45) is 5.92 Å². The summed E-state index contributed by atoms with van der Waals surface area (Å²) >= 11 is 0. The number of ketones is 1. The number of hydrogen-bond donors (Lipinski definition) is 1. The molecule has 0 spiro atoms. The molecular weight excluding hydrogens is 392 g/mol.